The highest BCUT2D eigenvalue weighted by atomic mass is 79.9. The molecule has 2 aromatic carbocycles. The molecule has 2 atom stereocenters. The number of hydrogen-bond donors (Lipinski definition) is 1. The Morgan fingerprint density at radius 3 is 2.14 bits per heavy atom. The van der Waals surface area contributed by atoms with E-state index in [1.54, 1.807) is 0 Å². The highest BCUT2D eigenvalue weighted by molar-refractivity contribution is 9.10. The summed E-state index contributed by atoms with van der Waals surface area (Å²) in [6.45, 7) is 1.47. The molecule has 1 unspecified atom stereocenters. The number of Topliss-reactive ketones (excluding diaryl/α,β-unsaturated/α-hetero) is 1. The largest absolute Gasteiger partial charge is 0.399 e. The predicted octanol–water partition coefficient (Wildman–Crippen LogP) is 9.19. The minimum atomic E-state index is -4.66. The summed E-state index contributed by atoms with van der Waals surface area (Å²) in [4.78, 5) is 24.2. The van der Waals surface area contributed by atoms with Crippen LogP contribution >= 0.6 is 50.7 Å². The molecule has 0 aliphatic heterocycles. The molecular weight excluding hydrogens is 635 g/mol. The van der Waals surface area contributed by atoms with E-state index in [0.29, 0.717) is 5.56 Å². The molecule has 0 radical (unpaired) electrons. The number of halogens is 10. The summed E-state index contributed by atoms with van der Waals surface area (Å²) in [5, 5.41) is 2.21. The molecule has 0 aromatic heterocycles. The van der Waals surface area contributed by atoms with Gasteiger partial charge in [-0.05, 0) is 58.2 Å². The Bertz CT molecular complexity index is 1160. The van der Waals surface area contributed by atoms with Crippen molar-refractivity contribution in [2.24, 2.45) is 0 Å². The van der Waals surface area contributed by atoms with Crippen LogP contribution in [0.15, 0.2) is 40.9 Å². The van der Waals surface area contributed by atoms with Gasteiger partial charge in [-0.25, -0.2) is 0 Å². The zero-order valence-electron chi connectivity index (χ0n) is 18.9. The third-order valence-electron chi connectivity index (χ3n) is 5.04. The van der Waals surface area contributed by atoms with Gasteiger partial charge < -0.3 is 5.32 Å². The SMILES string of the molecule is C[C@H](CC(=O)CCC(F)(F)F)NC(=O)c1ccc(/C=C/C(c2cc(Cl)c(Cl)c(Cl)c2)C(F)(F)F)cc1Br. The van der Waals surface area contributed by atoms with E-state index in [2.05, 4.69) is 21.2 Å². The van der Waals surface area contributed by atoms with Crippen LogP contribution < -0.4 is 5.32 Å². The number of ketones is 1. The van der Waals surface area contributed by atoms with Crippen LogP contribution in [0.4, 0.5) is 26.3 Å². The average molecular weight is 654 g/mol. The summed E-state index contributed by atoms with van der Waals surface area (Å²) in [5.41, 5.74) is 0.242. The summed E-state index contributed by atoms with van der Waals surface area (Å²) < 4.78 is 78.2. The van der Waals surface area contributed by atoms with Gasteiger partial charge in [-0.3, -0.25) is 9.59 Å². The molecule has 0 aliphatic carbocycles. The van der Waals surface area contributed by atoms with Gasteiger partial charge in [0.05, 0.1) is 33.0 Å². The van der Waals surface area contributed by atoms with E-state index in [0.717, 1.165) is 18.2 Å². The van der Waals surface area contributed by atoms with Gasteiger partial charge >= 0.3 is 12.4 Å². The summed E-state index contributed by atoms with van der Waals surface area (Å²) >= 11 is 20.8. The summed E-state index contributed by atoms with van der Waals surface area (Å²) in [6, 6.07) is 5.61. The first kappa shape index (κ1) is 31.5. The Kier molecular flexibility index (Phi) is 10.9. The van der Waals surface area contributed by atoms with Crippen LogP contribution in [0.3, 0.4) is 0 Å². The second-order valence-electron chi connectivity index (χ2n) is 8.15. The number of allylic oxidation sites excluding steroid dienone is 1. The van der Waals surface area contributed by atoms with Crippen molar-refractivity contribution in [3.63, 3.8) is 0 Å². The Labute approximate surface area is 232 Å². The Hall–Kier alpha value is -1.75. The van der Waals surface area contributed by atoms with Gasteiger partial charge in [0.15, 0.2) is 0 Å². The van der Waals surface area contributed by atoms with E-state index in [1.165, 1.54) is 31.2 Å². The van der Waals surface area contributed by atoms with E-state index < -0.39 is 48.8 Å². The Morgan fingerprint density at radius 2 is 1.62 bits per heavy atom. The van der Waals surface area contributed by atoms with E-state index in [-0.39, 0.29) is 37.1 Å². The molecule has 202 valence electrons. The molecule has 0 saturated carbocycles. The van der Waals surface area contributed by atoms with Crippen molar-refractivity contribution in [3.05, 3.63) is 72.6 Å². The van der Waals surface area contributed by atoms with Gasteiger partial charge in [-0.1, -0.05) is 53.0 Å². The maximum Gasteiger partial charge on any atom is 0.399 e. The lowest BCUT2D eigenvalue weighted by molar-refractivity contribution is -0.143. The van der Waals surface area contributed by atoms with Crippen LogP contribution in [0.25, 0.3) is 6.08 Å². The highest BCUT2D eigenvalue weighted by Gasteiger charge is 2.39. The minimum absolute atomic E-state index is 0.0604. The van der Waals surface area contributed by atoms with Crippen molar-refractivity contribution in [2.45, 2.75) is 50.5 Å². The first-order valence-corrected chi connectivity index (χ1v) is 12.5. The quantitative estimate of drug-likeness (QED) is 0.217. The number of carbonyl (C=O) groups excluding carboxylic acids is 2. The monoisotopic (exact) mass is 651 g/mol. The second kappa shape index (κ2) is 12.9. The number of benzene rings is 2. The molecule has 2 rings (SSSR count). The van der Waals surface area contributed by atoms with Crippen molar-refractivity contribution in [3.8, 4) is 0 Å². The minimum Gasteiger partial charge on any atom is -0.349 e. The van der Waals surface area contributed by atoms with E-state index in [9.17, 15) is 35.9 Å². The average Bonchev–Trinajstić information content (AvgIpc) is 2.74. The van der Waals surface area contributed by atoms with Crippen LogP contribution in [0.1, 0.15) is 53.6 Å². The van der Waals surface area contributed by atoms with E-state index in [1.807, 2.05) is 0 Å². The van der Waals surface area contributed by atoms with Crippen LogP contribution in [0.5, 0.6) is 0 Å². The van der Waals surface area contributed by atoms with Crippen molar-refractivity contribution < 1.29 is 35.9 Å². The number of amides is 1. The molecule has 0 spiro atoms. The van der Waals surface area contributed by atoms with Gasteiger partial charge in [-0.15, -0.1) is 0 Å². The van der Waals surface area contributed by atoms with Crippen LogP contribution in [0, 0.1) is 0 Å². The van der Waals surface area contributed by atoms with Crippen LogP contribution in [-0.4, -0.2) is 30.1 Å². The predicted molar refractivity (Wildman–Crippen MR) is 135 cm³/mol. The molecule has 2 aromatic rings. The third kappa shape index (κ3) is 9.81. The molecule has 0 saturated heterocycles. The van der Waals surface area contributed by atoms with Crippen molar-refractivity contribution in [1.82, 2.24) is 5.32 Å². The molecule has 0 fully saturated rings. The van der Waals surface area contributed by atoms with Gasteiger partial charge in [0, 0.05) is 23.4 Å². The molecule has 1 amide bonds. The van der Waals surface area contributed by atoms with Gasteiger partial charge in [0.2, 0.25) is 0 Å². The zero-order chi connectivity index (χ0) is 28.1. The topological polar surface area (TPSA) is 46.2 Å². The lowest BCUT2D eigenvalue weighted by Crippen LogP contribution is -2.34. The fourth-order valence-electron chi connectivity index (χ4n) is 3.27. The van der Waals surface area contributed by atoms with E-state index >= 15 is 0 Å². The number of carbonyl (C=O) groups is 2. The maximum atomic E-state index is 13.7. The number of alkyl halides is 6. The molecule has 0 aliphatic rings. The molecular formula is C24H19BrCl3F6NO2. The normalized spacial score (nSPS) is 14.0. The Balaban J connectivity index is 2.13. The fraction of sp³-hybridized carbons (Fsp3) is 0.333. The number of rotatable bonds is 9. The van der Waals surface area contributed by atoms with Gasteiger partial charge in [0.1, 0.15) is 5.78 Å². The van der Waals surface area contributed by atoms with E-state index in [4.69, 9.17) is 34.8 Å². The van der Waals surface area contributed by atoms with Gasteiger partial charge in [0.25, 0.3) is 5.91 Å². The van der Waals surface area contributed by atoms with Crippen molar-refractivity contribution in [1.29, 1.82) is 0 Å². The van der Waals surface area contributed by atoms with Crippen LogP contribution in [-0.2, 0) is 4.79 Å². The standard InChI is InChI=1S/C24H19BrCl3F6NO2/c1-12(8-15(36)6-7-23(29,30)31)35-22(37)16-4-2-13(9-18(16)25)3-5-17(24(32,33)34)14-10-19(26)21(28)20(27)11-14/h2-5,9-12,17H,6-8H2,1H3,(H,35,37)/b5-3+/t12-,17?/m1/s1. The second-order valence-corrected chi connectivity index (χ2v) is 10.2. The summed E-state index contributed by atoms with van der Waals surface area (Å²) in [5.74, 6) is -3.30. The summed E-state index contributed by atoms with van der Waals surface area (Å²) in [6.07, 6.45) is -9.19. The maximum absolute atomic E-state index is 13.7. The fourth-order valence-corrected chi connectivity index (χ4v) is 4.46. The van der Waals surface area contributed by atoms with Crippen molar-refractivity contribution in [2.75, 3.05) is 0 Å². The van der Waals surface area contributed by atoms with Gasteiger partial charge in [-0.2, -0.15) is 26.3 Å². The van der Waals surface area contributed by atoms with Crippen LogP contribution in [0.2, 0.25) is 15.1 Å². The molecule has 3 nitrogen and oxygen atoms in total. The molecule has 1 N–H and O–H groups in total. The first-order valence-electron chi connectivity index (χ1n) is 10.6. The lowest BCUT2D eigenvalue weighted by atomic mass is 9.97. The zero-order valence-corrected chi connectivity index (χ0v) is 22.8. The molecule has 0 heterocycles. The molecule has 37 heavy (non-hydrogen) atoms. The number of nitrogens with one attached hydrogen (secondary N) is 1. The number of hydrogen-bond acceptors (Lipinski definition) is 2. The molecule has 0 bridgehead atoms. The smallest absolute Gasteiger partial charge is 0.349 e. The summed E-state index contributed by atoms with van der Waals surface area (Å²) in [7, 11) is 0. The highest BCUT2D eigenvalue weighted by Crippen LogP contribution is 2.41. The molecule has 13 heteroatoms. The Morgan fingerprint density at radius 1 is 1.03 bits per heavy atom. The lowest BCUT2D eigenvalue weighted by Gasteiger charge is -2.18. The van der Waals surface area contributed by atoms with Crippen molar-refractivity contribution >= 4 is 68.5 Å². The first-order chi connectivity index (χ1) is 17.0. The third-order valence-corrected chi connectivity index (χ3v) is 6.89.